The molecule has 0 saturated heterocycles. The largest absolute Gasteiger partial charge is 0.506 e. The molecular weight excluding hydrogens is 805 g/mol. The van der Waals surface area contributed by atoms with Gasteiger partial charge in [-0.25, -0.2) is 4.89 Å². The second kappa shape index (κ2) is 11.3. The van der Waals surface area contributed by atoms with Crippen LogP contribution in [0.2, 0.25) is 6.82 Å². The SMILES string of the molecule is CB(O)NC(COO)Cc1cc(I)c(Oc2cc(I)c(O)c(I)c2)c(I)c1. The van der Waals surface area contributed by atoms with Crippen LogP contribution in [0.3, 0.4) is 0 Å². The highest BCUT2D eigenvalue weighted by Gasteiger charge is 2.17. The first-order valence-corrected chi connectivity index (χ1v) is 12.1. The van der Waals surface area contributed by atoms with Gasteiger partial charge in [0.1, 0.15) is 11.5 Å². The molecule has 0 saturated carbocycles. The molecule has 0 aliphatic heterocycles. The molecule has 1 unspecified atom stereocenters. The Morgan fingerprint density at radius 3 is 2.07 bits per heavy atom. The summed E-state index contributed by atoms with van der Waals surface area (Å²) >= 11 is 8.59. The summed E-state index contributed by atoms with van der Waals surface area (Å²) in [5.41, 5.74) is 1.03. The van der Waals surface area contributed by atoms with Crippen molar-refractivity contribution in [2.45, 2.75) is 19.3 Å². The van der Waals surface area contributed by atoms with Crippen LogP contribution < -0.4 is 9.96 Å². The van der Waals surface area contributed by atoms with E-state index in [1.165, 1.54) is 0 Å². The van der Waals surface area contributed by atoms with Crippen LogP contribution in [0.25, 0.3) is 0 Å². The summed E-state index contributed by atoms with van der Waals surface area (Å²) in [6.45, 7) is 1.69. The Labute approximate surface area is 212 Å². The third-order valence-electron chi connectivity index (χ3n) is 3.50. The zero-order valence-electron chi connectivity index (χ0n) is 14.0. The average Bonchev–Trinajstić information content (AvgIpc) is 2.55. The molecule has 0 aromatic heterocycles. The second-order valence-corrected chi connectivity index (χ2v) is 10.4. The van der Waals surface area contributed by atoms with Crippen molar-refractivity contribution in [2.75, 3.05) is 6.61 Å². The molecule has 0 amide bonds. The lowest BCUT2D eigenvalue weighted by Crippen LogP contribution is -2.43. The molecule has 0 spiro atoms. The van der Waals surface area contributed by atoms with Gasteiger partial charge in [-0.3, -0.25) is 5.26 Å². The normalized spacial score (nSPS) is 12.1. The molecule has 0 fully saturated rings. The number of phenolic OH excluding ortho intramolecular Hbond substituents is 1. The molecule has 11 heteroatoms. The van der Waals surface area contributed by atoms with Crippen molar-refractivity contribution in [2.24, 2.45) is 0 Å². The van der Waals surface area contributed by atoms with Gasteiger partial charge in [-0.15, -0.1) is 0 Å². The lowest BCUT2D eigenvalue weighted by Gasteiger charge is -2.19. The average molecular weight is 821 g/mol. The molecule has 1 atom stereocenters. The molecule has 4 N–H and O–H groups in total. The fourth-order valence-electron chi connectivity index (χ4n) is 2.43. The van der Waals surface area contributed by atoms with Crippen molar-refractivity contribution in [3.63, 3.8) is 0 Å². The van der Waals surface area contributed by atoms with E-state index in [0.29, 0.717) is 12.2 Å². The molecule has 0 radical (unpaired) electrons. The van der Waals surface area contributed by atoms with Gasteiger partial charge in [-0.05, 0) is 133 Å². The summed E-state index contributed by atoms with van der Waals surface area (Å²) in [4.78, 5) is 4.25. The maximum Gasteiger partial charge on any atom is 0.373 e. The van der Waals surface area contributed by atoms with Crippen molar-refractivity contribution in [1.82, 2.24) is 5.23 Å². The van der Waals surface area contributed by atoms with Crippen molar-refractivity contribution in [3.05, 3.63) is 44.1 Å². The second-order valence-electron chi connectivity index (χ2n) is 5.77. The summed E-state index contributed by atoms with van der Waals surface area (Å²) in [6, 6.07) is 7.36. The smallest absolute Gasteiger partial charge is 0.373 e. The number of halogens is 4. The number of phenols is 1. The highest BCUT2D eigenvalue weighted by molar-refractivity contribution is 14.1. The van der Waals surface area contributed by atoms with E-state index in [9.17, 15) is 10.1 Å². The monoisotopic (exact) mass is 821 g/mol. The van der Waals surface area contributed by atoms with E-state index in [2.05, 4.69) is 100 Å². The lowest BCUT2D eigenvalue weighted by atomic mass is 9.86. The van der Waals surface area contributed by atoms with Gasteiger partial charge in [0.05, 0.1) is 20.9 Å². The number of aromatic hydroxyl groups is 1. The van der Waals surface area contributed by atoms with Gasteiger partial charge in [0.2, 0.25) is 0 Å². The molecular formula is C16H16BI4NO5. The van der Waals surface area contributed by atoms with Gasteiger partial charge < -0.3 is 20.1 Å². The van der Waals surface area contributed by atoms with E-state index in [4.69, 9.17) is 9.99 Å². The quantitative estimate of drug-likeness (QED) is 0.134. The summed E-state index contributed by atoms with van der Waals surface area (Å²) < 4.78 is 9.41. The molecule has 2 rings (SSSR count). The summed E-state index contributed by atoms with van der Waals surface area (Å²) in [7, 11) is -0.703. The molecule has 0 bridgehead atoms. The minimum Gasteiger partial charge on any atom is -0.506 e. The minimum absolute atomic E-state index is 0.0701. The van der Waals surface area contributed by atoms with Crippen molar-refractivity contribution < 1.29 is 25.0 Å². The highest BCUT2D eigenvalue weighted by atomic mass is 127. The molecule has 2 aromatic rings. The standard InChI is InChI=1S/C16H16BI4NO5/c1-17(24)22-9(7-26-25)2-8-3-13(20)16(14(21)4-8)27-10-5-11(18)15(23)12(19)6-10/h3-6,9,22-25H,2,7H2,1H3. The Bertz CT molecular complexity index is 762. The fourth-order valence-corrected chi connectivity index (χ4v) is 6.26. The van der Waals surface area contributed by atoms with Crippen molar-refractivity contribution in [3.8, 4) is 17.2 Å². The van der Waals surface area contributed by atoms with Crippen LogP contribution in [-0.2, 0) is 11.3 Å². The van der Waals surface area contributed by atoms with Crippen LogP contribution in [-0.4, -0.2) is 35.1 Å². The minimum atomic E-state index is -0.703. The number of ether oxygens (including phenoxy) is 1. The van der Waals surface area contributed by atoms with Gasteiger partial charge in [-0.1, -0.05) is 0 Å². The Kier molecular flexibility index (Phi) is 10.1. The Hall–Kier alpha value is 0.865. The zero-order chi connectivity index (χ0) is 20.1. The Morgan fingerprint density at radius 1 is 1.04 bits per heavy atom. The van der Waals surface area contributed by atoms with E-state index in [0.717, 1.165) is 25.6 Å². The van der Waals surface area contributed by atoms with Gasteiger partial charge in [0, 0.05) is 6.04 Å². The first-order chi connectivity index (χ1) is 12.7. The molecule has 0 heterocycles. The predicted octanol–water partition coefficient (Wildman–Crippen LogP) is 4.70. The first kappa shape index (κ1) is 24.1. The van der Waals surface area contributed by atoms with E-state index >= 15 is 0 Å². The van der Waals surface area contributed by atoms with Gasteiger partial charge >= 0.3 is 7.05 Å². The van der Waals surface area contributed by atoms with Crippen LogP contribution in [0.1, 0.15) is 5.56 Å². The number of hydrogen-bond donors (Lipinski definition) is 4. The van der Waals surface area contributed by atoms with Gasteiger partial charge in [0.25, 0.3) is 0 Å². The molecule has 6 nitrogen and oxygen atoms in total. The zero-order valence-corrected chi connectivity index (χ0v) is 22.7. The molecule has 0 aliphatic rings. The van der Waals surface area contributed by atoms with Crippen molar-refractivity contribution >= 4 is 97.4 Å². The lowest BCUT2D eigenvalue weighted by molar-refractivity contribution is -0.245. The molecule has 27 heavy (non-hydrogen) atoms. The summed E-state index contributed by atoms with van der Waals surface area (Å²) in [6.07, 6.45) is 0.576. The van der Waals surface area contributed by atoms with Gasteiger partial charge in [0.15, 0.2) is 5.75 Å². The van der Waals surface area contributed by atoms with Crippen LogP contribution >= 0.6 is 90.4 Å². The third kappa shape index (κ3) is 7.25. The molecule has 146 valence electrons. The van der Waals surface area contributed by atoms with Crippen LogP contribution in [0.15, 0.2) is 24.3 Å². The number of nitrogens with one attached hydrogen (secondary N) is 1. The van der Waals surface area contributed by atoms with Crippen molar-refractivity contribution in [1.29, 1.82) is 0 Å². The molecule has 2 aromatic carbocycles. The van der Waals surface area contributed by atoms with Crippen LogP contribution in [0.5, 0.6) is 17.2 Å². The van der Waals surface area contributed by atoms with E-state index in [-0.39, 0.29) is 18.4 Å². The Morgan fingerprint density at radius 2 is 1.59 bits per heavy atom. The topological polar surface area (TPSA) is 91.2 Å². The summed E-state index contributed by atoms with van der Waals surface area (Å²) in [5.74, 6) is 1.66. The number of hydrogen-bond acceptors (Lipinski definition) is 6. The summed E-state index contributed by atoms with van der Waals surface area (Å²) in [5, 5.41) is 31.1. The van der Waals surface area contributed by atoms with E-state index < -0.39 is 7.05 Å². The maximum absolute atomic E-state index is 9.91. The maximum atomic E-state index is 9.91. The fraction of sp³-hybridized carbons (Fsp3) is 0.250. The number of benzene rings is 2. The van der Waals surface area contributed by atoms with Crippen LogP contribution in [0.4, 0.5) is 0 Å². The third-order valence-corrected chi connectivity index (χ3v) is 6.75. The predicted molar refractivity (Wildman–Crippen MR) is 139 cm³/mol. The number of rotatable bonds is 8. The first-order valence-electron chi connectivity index (χ1n) is 7.75. The van der Waals surface area contributed by atoms with E-state index in [1.54, 1.807) is 19.0 Å². The van der Waals surface area contributed by atoms with E-state index in [1.807, 2.05) is 12.1 Å². The van der Waals surface area contributed by atoms with Crippen LogP contribution in [0, 0.1) is 14.3 Å². The Balaban J connectivity index is 2.23. The molecule has 0 aliphatic carbocycles. The van der Waals surface area contributed by atoms with Gasteiger partial charge in [-0.2, -0.15) is 0 Å². The highest BCUT2D eigenvalue weighted by Crippen LogP contribution is 2.36.